The zero-order valence-corrected chi connectivity index (χ0v) is 9.30. The lowest BCUT2D eigenvalue weighted by Crippen LogP contribution is -2.22. The molecule has 2 rings (SSSR count). The first-order valence-electron chi connectivity index (χ1n) is 5.16. The summed E-state index contributed by atoms with van der Waals surface area (Å²) in [6.07, 6.45) is -0.100. The molecular formula is C12H11NO4. The Bertz CT molecular complexity index is 478. The third kappa shape index (κ3) is 2.31. The fourth-order valence-electron chi connectivity index (χ4n) is 1.58. The van der Waals surface area contributed by atoms with Crippen molar-refractivity contribution < 1.29 is 19.0 Å². The Kier molecular flexibility index (Phi) is 3.15. The highest BCUT2D eigenvalue weighted by molar-refractivity contribution is 5.77. The van der Waals surface area contributed by atoms with Crippen LogP contribution in [-0.4, -0.2) is 25.8 Å². The van der Waals surface area contributed by atoms with Gasteiger partial charge in [-0.3, -0.25) is 0 Å². The minimum absolute atomic E-state index is 0.365. The summed E-state index contributed by atoms with van der Waals surface area (Å²) in [4.78, 5) is 11.3. The van der Waals surface area contributed by atoms with Crippen molar-refractivity contribution in [2.45, 2.75) is 12.5 Å². The number of hydrogen-bond acceptors (Lipinski definition) is 5. The second-order valence-corrected chi connectivity index (χ2v) is 3.54. The van der Waals surface area contributed by atoms with E-state index in [4.69, 9.17) is 19.5 Å². The van der Waals surface area contributed by atoms with Gasteiger partial charge >= 0.3 is 5.97 Å². The predicted octanol–water partition coefficient (Wildman–Crippen LogP) is 1.26. The fourth-order valence-corrected chi connectivity index (χ4v) is 1.58. The maximum absolute atomic E-state index is 11.3. The van der Waals surface area contributed by atoms with Crippen molar-refractivity contribution in [3.05, 3.63) is 23.8 Å². The molecule has 1 atom stereocenters. The standard InChI is InChI=1S/C12H11NO4/c1-15-9-3-2-8(7-13)6-11(9)17-10-4-5-16-12(10)14/h2-3,6,10H,4-5H2,1H3. The zero-order chi connectivity index (χ0) is 12.3. The van der Waals surface area contributed by atoms with E-state index in [1.807, 2.05) is 6.07 Å². The van der Waals surface area contributed by atoms with Crippen LogP contribution in [0, 0.1) is 11.3 Å². The van der Waals surface area contributed by atoms with Gasteiger partial charge in [-0.2, -0.15) is 5.26 Å². The maximum Gasteiger partial charge on any atom is 0.347 e. The second-order valence-electron chi connectivity index (χ2n) is 3.54. The number of benzene rings is 1. The SMILES string of the molecule is COc1ccc(C#N)cc1OC1CCOC1=O. The van der Waals surface area contributed by atoms with Crippen molar-refractivity contribution in [3.8, 4) is 17.6 Å². The minimum atomic E-state index is -0.613. The number of ether oxygens (including phenoxy) is 3. The molecule has 1 heterocycles. The molecule has 0 aromatic heterocycles. The second kappa shape index (κ2) is 4.74. The van der Waals surface area contributed by atoms with Gasteiger partial charge in [0.15, 0.2) is 17.6 Å². The van der Waals surface area contributed by atoms with Gasteiger partial charge < -0.3 is 14.2 Å². The molecule has 0 bridgehead atoms. The molecule has 88 valence electrons. The average molecular weight is 233 g/mol. The molecule has 0 saturated carbocycles. The van der Waals surface area contributed by atoms with Gasteiger partial charge in [-0.25, -0.2) is 4.79 Å². The lowest BCUT2D eigenvalue weighted by Gasteiger charge is -2.13. The van der Waals surface area contributed by atoms with Crippen LogP contribution < -0.4 is 9.47 Å². The molecular weight excluding hydrogens is 222 g/mol. The number of esters is 1. The van der Waals surface area contributed by atoms with Gasteiger partial charge in [0.1, 0.15) is 0 Å². The van der Waals surface area contributed by atoms with E-state index in [1.54, 1.807) is 18.2 Å². The van der Waals surface area contributed by atoms with Gasteiger partial charge in [0.25, 0.3) is 0 Å². The Morgan fingerprint density at radius 3 is 2.88 bits per heavy atom. The first kappa shape index (κ1) is 11.3. The summed E-state index contributed by atoms with van der Waals surface area (Å²) < 4.78 is 15.4. The van der Waals surface area contributed by atoms with Gasteiger partial charge in [0, 0.05) is 12.5 Å². The summed E-state index contributed by atoms with van der Waals surface area (Å²) in [5, 5.41) is 8.80. The number of hydrogen-bond donors (Lipinski definition) is 0. The monoisotopic (exact) mass is 233 g/mol. The highest BCUT2D eigenvalue weighted by Gasteiger charge is 2.29. The Morgan fingerprint density at radius 2 is 2.29 bits per heavy atom. The first-order chi connectivity index (χ1) is 8.24. The number of carbonyl (C=O) groups excluding carboxylic acids is 1. The Hall–Kier alpha value is -2.22. The normalized spacial score (nSPS) is 18.4. The van der Waals surface area contributed by atoms with E-state index in [0.717, 1.165) is 0 Å². The molecule has 1 aromatic rings. The largest absolute Gasteiger partial charge is 0.493 e. The van der Waals surface area contributed by atoms with Crippen LogP contribution in [0.4, 0.5) is 0 Å². The average Bonchev–Trinajstić information content (AvgIpc) is 2.75. The molecule has 1 saturated heterocycles. The summed E-state index contributed by atoms with van der Waals surface area (Å²) in [5.41, 5.74) is 0.451. The van der Waals surface area contributed by atoms with E-state index >= 15 is 0 Å². The summed E-state index contributed by atoms with van der Waals surface area (Å²) in [7, 11) is 1.50. The molecule has 1 unspecified atom stereocenters. The number of cyclic esters (lactones) is 1. The van der Waals surface area contributed by atoms with E-state index in [9.17, 15) is 4.79 Å². The van der Waals surface area contributed by atoms with E-state index in [2.05, 4.69) is 0 Å². The molecule has 17 heavy (non-hydrogen) atoms. The number of nitrogens with zero attached hydrogens (tertiary/aromatic N) is 1. The Labute approximate surface area is 98.5 Å². The molecule has 1 aliphatic heterocycles. The lowest BCUT2D eigenvalue weighted by molar-refractivity contribution is -0.143. The minimum Gasteiger partial charge on any atom is -0.493 e. The molecule has 5 heteroatoms. The number of methoxy groups -OCH3 is 1. The van der Waals surface area contributed by atoms with E-state index in [0.29, 0.717) is 30.1 Å². The molecule has 0 radical (unpaired) electrons. The number of carbonyl (C=O) groups is 1. The molecule has 1 aliphatic rings. The smallest absolute Gasteiger partial charge is 0.347 e. The van der Waals surface area contributed by atoms with Crippen LogP contribution in [0.1, 0.15) is 12.0 Å². The van der Waals surface area contributed by atoms with Crippen molar-refractivity contribution in [2.75, 3.05) is 13.7 Å². The quantitative estimate of drug-likeness (QED) is 0.735. The van der Waals surface area contributed by atoms with Crippen LogP contribution in [0.25, 0.3) is 0 Å². The van der Waals surface area contributed by atoms with Gasteiger partial charge in [-0.15, -0.1) is 0 Å². The van der Waals surface area contributed by atoms with Crippen molar-refractivity contribution >= 4 is 5.97 Å². The zero-order valence-electron chi connectivity index (χ0n) is 9.30. The summed E-state index contributed by atoms with van der Waals surface area (Å²) >= 11 is 0. The van der Waals surface area contributed by atoms with Crippen LogP contribution in [0.15, 0.2) is 18.2 Å². The molecule has 5 nitrogen and oxygen atoms in total. The van der Waals surface area contributed by atoms with Crippen LogP contribution in [0.3, 0.4) is 0 Å². The lowest BCUT2D eigenvalue weighted by atomic mass is 10.2. The van der Waals surface area contributed by atoms with Crippen LogP contribution in [-0.2, 0) is 9.53 Å². The van der Waals surface area contributed by atoms with Crippen molar-refractivity contribution in [1.29, 1.82) is 5.26 Å². The molecule has 1 aromatic carbocycles. The highest BCUT2D eigenvalue weighted by Crippen LogP contribution is 2.30. The van der Waals surface area contributed by atoms with Crippen molar-refractivity contribution in [1.82, 2.24) is 0 Å². The van der Waals surface area contributed by atoms with Crippen LogP contribution in [0.2, 0.25) is 0 Å². The third-order valence-electron chi connectivity index (χ3n) is 2.45. The van der Waals surface area contributed by atoms with E-state index in [-0.39, 0.29) is 5.97 Å². The van der Waals surface area contributed by atoms with E-state index in [1.165, 1.54) is 7.11 Å². The van der Waals surface area contributed by atoms with Gasteiger partial charge in [0.2, 0.25) is 0 Å². The predicted molar refractivity (Wildman–Crippen MR) is 57.7 cm³/mol. The molecule has 0 aliphatic carbocycles. The molecule has 0 spiro atoms. The number of nitriles is 1. The molecule has 1 fully saturated rings. The first-order valence-corrected chi connectivity index (χ1v) is 5.16. The highest BCUT2D eigenvalue weighted by atomic mass is 16.6. The molecule has 0 N–H and O–H groups in total. The van der Waals surface area contributed by atoms with Crippen LogP contribution >= 0.6 is 0 Å². The van der Waals surface area contributed by atoms with Gasteiger partial charge in [-0.1, -0.05) is 0 Å². The van der Waals surface area contributed by atoms with Crippen molar-refractivity contribution in [3.63, 3.8) is 0 Å². The Balaban J connectivity index is 2.24. The van der Waals surface area contributed by atoms with Gasteiger partial charge in [0.05, 0.1) is 25.3 Å². The third-order valence-corrected chi connectivity index (χ3v) is 2.45. The summed E-state index contributed by atoms with van der Waals surface area (Å²) in [6, 6.07) is 6.81. The topological polar surface area (TPSA) is 68.6 Å². The summed E-state index contributed by atoms with van der Waals surface area (Å²) in [5.74, 6) is 0.494. The summed E-state index contributed by atoms with van der Waals surface area (Å²) in [6.45, 7) is 0.365. The maximum atomic E-state index is 11.3. The van der Waals surface area contributed by atoms with Crippen molar-refractivity contribution in [2.24, 2.45) is 0 Å². The fraction of sp³-hybridized carbons (Fsp3) is 0.333. The Morgan fingerprint density at radius 1 is 1.47 bits per heavy atom. The molecule has 0 amide bonds. The van der Waals surface area contributed by atoms with E-state index < -0.39 is 6.10 Å². The van der Waals surface area contributed by atoms with Gasteiger partial charge in [-0.05, 0) is 12.1 Å². The van der Waals surface area contributed by atoms with Crippen LogP contribution in [0.5, 0.6) is 11.5 Å². The number of rotatable bonds is 3.